The minimum atomic E-state index is -4.29. The number of rotatable bonds is 5. The minimum Gasteiger partial charge on any atom is -0.494 e. The van der Waals surface area contributed by atoms with E-state index in [0.717, 1.165) is 35.8 Å². The van der Waals surface area contributed by atoms with Crippen molar-refractivity contribution in [2.45, 2.75) is 11.2 Å². The summed E-state index contributed by atoms with van der Waals surface area (Å²) >= 11 is 12.6. The number of aliphatic imine (C=N–C) groups is 1. The molecular weight excluding hydrogens is 525 g/mol. The van der Waals surface area contributed by atoms with Crippen LogP contribution in [0.1, 0.15) is 5.56 Å². The number of benzene rings is 1. The van der Waals surface area contributed by atoms with Crippen LogP contribution < -0.4 is 20.3 Å². The Kier molecular flexibility index (Phi) is 6.60. The van der Waals surface area contributed by atoms with Gasteiger partial charge in [0.1, 0.15) is 15.7 Å². The lowest BCUT2D eigenvalue weighted by molar-refractivity contribution is 0.313. The second-order valence-corrected chi connectivity index (χ2v) is 11.0. The fraction of sp³-hybridized carbons (Fsp3) is 0.304. The number of aromatic nitrogens is 2. The van der Waals surface area contributed by atoms with Gasteiger partial charge in [0, 0.05) is 55.5 Å². The van der Waals surface area contributed by atoms with Gasteiger partial charge in [-0.1, -0.05) is 23.2 Å². The Labute approximate surface area is 219 Å². The summed E-state index contributed by atoms with van der Waals surface area (Å²) in [6, 6.07) is 9.48. The second kappa shape index (κ2) is 9.56. The molecule has 1 aromatic carbocycles. The monoisotopic (exact) mass is 549 g/mol. The molecule has 5 rings (SSSR count). The highest BCUT2D eigenvalue weighted by Crippen LogP contribution is 2.40. The highest BCUT2D eigenvalue weighted by Gasteiger charge is 2.34. The van der Waals surface area contributed by atoms with Crippen LogP contribution in [-0.2, 0) is 10.0 Å². The number of ether oxygens (including phenoxy) is 1. The summed E-state index contributed by atoms with van der Waals surface area (Å²) in [7, 11) is -0.806. The van der Waals surface area contributed by atoms with Gasteiger partial charge < -0.3 is 14.5 Å². The summed E-state index contributed by atoms with van der Waals surface area (Å²) in [5, 5.41) is -0.420. The second-order valence-electron chi connectivity index (χ2n) is 8.52. The smallest absolute Gasteiger partial charge is 0.274 e. The first-order valence-corrected chi connectivity index (χ1v) is 13.4. The van der Waals surface area contributed by atoms with Crippen LogP contribution in [0.4, 0.5) is 17.2 Å². The molecule has 190 valence electrons. The van der Waals surface area contributed by atoms with Gasteiger partial charge in [0.15, 0.2) is 17.2 Å². The van der Waals surface area contributed by atoms with E-state index in [-0.39, 0.29) is 20.8 Å². The van der Waals surface area contributed by atoms with E-state index >= 15 is 0 Å². The van der Waals surface area contributed by atoms with Gasteiger partial charge in [0.25, 0.3) is 10.0 Å². The lowest BCUT2D eigenvalue weighted by atomic mass is 10.2. The molecule has 1 saturated heterocycles. The van der Waals surface area contributed by atoms with Crippen molar-refractivity contribution in [3.8, 4) is 5.75 Å². The lowest BCUT2D eigenvalue weighted by Gasteiger charge is -2.35. The van der Waals surface area contributed by atoms with E-state index in [1.54, 1.807) is 17.2 Å². The van der Waals surface area contributed by atoms with Crippen LogP contribution in [0.25, 0.3) is 0 Å². The van der Waals surface area contributed by atoms with Gasteiger partial charge in [-0.05, 0) is 37.4 Å². The molecule has 0 amide bonds. The topological polar surface area (TPSA) is 109 Å². The van der Waals surface area contributed by atoms with Crippen molar-refractivity contribution in [3.63, 3.8) is 0 Å². The third-order valence-electron chi connectivity index (χ3n) is 6.35. The molecule has 0 aliphatic carbocycles. The summed E-state index contributed by atoms with van der Waals surface area (Å²) in [5.41, 5.74) is 8.71. The Hall–Kier alpha value is -2.83. The lowest BCUT2D eigenvalue weighted by Crippen LogP contribution is -2.44. The first-order chi connectivity index (χ1) is 17.2. The molecule has 36 heavy (non-hydrogen) atoms. The Morgan fingerprint density at radius 2 is 1.72 bits per heavy atom. The number of nitrogens with zero attached hydrogens (tertiary/aromatic N) is 6. The van der Waals surface area contributed by atoms with E-state index in [1.165, 1.54) is 19.5 Å². The quantitative estimate of drug-likeness (QED) is 0.483. The number of hydrogen-bond acceptors (Lipinski definition) is 9. The van der Waals surface area contributed by atoms with E-state index in [9.17, 15) is 8.42 Å². The van der Waals surface area contributed by atoms with E-state index in [2.05, 4.69) is 26.8 Å². The summed E-state index contributed by atoms with van der Waals surface area (Å²) < 4.78 is 33.9. The molecule has 0 spiro atoms. The highest BCUT2D eigenvalue weighted by molar-refractivity contribution is 7.90. The molecule has 2 aromatic heterocycles. The molecule has 10 nitrogen and oxygen atoms in total. The maximum atomic E-state index is 13.8. The summed E-state index contributed by atoms with van der Waals surface area (Å²) in [6.45, 7) is 3.86. The van der Waals surface area contributed by atoms with Crippen LogP contribution in [0.15, 0.2) is 52.6 Å². The minimum absolute atomic E-state index is 0.0929. The zero-order chi connectivity index (χ0) is 25.6. The van der Waals surface area contributed by atoms with Crippen molar-refractivity contribution in [2.24, 2.45) is 10.7 Å². The summed E-state index contributed by atoms with van der Waals surface area (Å²) in [6.07, 6.45) is 3.40. The number of hydrogen-bond donors (Lipinski definition) is 1. The maximum Gasteiger partial charge on any atom is 0.274 e. The van der Waals surface area contributed by atoms with Gasteiger partial charge in [0.05, 0.1) is 13.3 Å². The van der Waals surface area contributed by atoms with Crippen molar-refractivity contribution in [3.05, 3.63) is 58.5 Å². The van der Waals surface area contributed by atoms with Crippen LogP contribution in [0, 0.1) is 0 Å². The zero-order valence-electron chi connectivity index (χ0n) is 19.7. The number of piperazine rings is 1. The molecule has 2 aliphatic rings. The molecule has 2 N–H and O–H groups in total. The molecule has 2 aliphatic heterocycles. The van der Waals surface area contributed by atoms with Crippen LogP contribution in [-0.4, -0.2) is 75.1 Å². The van der Waals surface area contributed by atoms with Crippen molar-refractivity contribution >= 4 is 56.6 Å². The molecule has 0 bridgehead atoms. The fourth-order valence-electron chi connectivity index (χ4n) is 4.37. The van der Waals surface area contributed by atoms with Crippen LogP contribution in [0.2, 0.25) is 10.2 Å². The molecule has 4 heterocycles. The van der Waals surface area contributed by atoms with Gasteiger partial charge in [0.2, 0.25) is 0 Å². The van der Waals surface area contributed by atoms with Gasteiger partial charge in [-0.3, -0.25) is 15.6 Å². The predicted octanol–water partition coefficient (Wildman–Crippen LogP) is 3.00. The Morgan fingerprint density at radius 3 is 2.39 bits per heavy atom. The summed E-state index contributed by atoms with van der Waals surface area (Å²) in [5.74, 6) is 0.412. The SMILES string of the molecule is COc1cnc(Cl)c(S(=O)(=O)n2ccc3c2N(c2ccc(N4CCN(C)CC4)cc2)C(N)N=C3)c1Cl. The van der Waals surface area contributed by atoms with Crippen LogP contribution >= 0.6 is 23.2 Å². The Bertz CT molecular complexity index is 1420. The number of methoxy groups -OCH3 is 1. The fourth-order valence-corrected chi connectivity index (χ4v) is 6.79. The molecule has 0 radical (unpaired) electrons. The zero-order valence-corrected chi connectivity index (χ0v) is 22.0. The number of likely N-dealkylation sites (N-methyl/N-ethyl adjacent to an activating group) is 1. The third kappa shape index (κ3) is 4.20. The number of nitrogens with two attached hydrogens (primary N) is 1. The largest absolute Gasteiger partial charge is 0.494 e. The molecule has 1 unspecified atom stereocenters. The molecule has 13 heteroatoms. The van der Waals surface area contributed by atoms with Gasteiger partial charge in [-0.25, -0.2) is 17.4 Å². The van der Waals surface area contributed by atoms with E-state index in [4.69, 9.17) is 33.7 Å². The van der Waals surface area contributed by atoms with Gasteiger partial charge in [-0.2, -0.15) is 0 Å². The van der Waals surface area contributed by atoms with Crippen molar-refractivity contribution in [1.82, 2.24) is 13.9 Å². The maximum absolute atomic E-state index is 13.8. The predicted molar refractivity (Wildman–Crippen MR) is 142 cm³/mol. The standard InChI is InChI=1S/C23H25Cl2N7O3S/c1-29-9-11-30(12-10-29)16-3-5-17(6-4-16)32-22-15(13-28-23(32)26)7-8-31(22)36(33,34)20-19(24)18(35-2)14-27-21(20)25/h3-8,13-14,23H,9-12,26H2,1-2H3. The first kappa shape index (κ1) is 24.8. The first-order valence-electron chi connectivity index (χ1n) is 11.2. The number of halogens is 2. The molecule has 3 aromatic rings. The highest BCUT2D eigenvalue weighted by atomic mass is 35.5. The Morgan fingerprint density at radius 1 is 1.06 bits per heavy atom. The average molecular weight is 550 g/mol. The van der Waals surface area contributed by atoms with Gasteiger partial charge in [-0.15, -0.1) is 0 Å². The van der Waals surface area contributed by atoms with E-state index in [1.807, 2.05) is 24.3 Å². The molecule has 0 saturated carbocycles. The van der Waals surface area contributed by atoms with Crippen molar-refractivity contribution in [1.29, 1.82) is 0 Å². The molecule has 1 atom stereocenters. The number of pyridine rings is 1. The van der Waals surface area contributed by atoms with E-state index in [0.29, 0.717) is 17.1 Å². The Balaban J connectivity index is 1.57. The van der Waals surface area contributed by atoms with Crippen molar-refractivity contribution in [2.75, 3.05) is 50.1 Å². The normalized spacial score (nSPS) is 18.4. The van der Waals surface area contributed by atoms with Gasteiger partial charge >= 0.3 is 0 Å². The average Bonchev–Trinajstić information content (AvgIpc) is 3.30. The number of fused-ring (bicyclic) bond motifs is 1. The van der Waals surface area contributed by atoms with Crippen molar-refractivity contribution < 1.29 is 13.2 Å². The molecular formula is C23H25Cl2N7O3S. The van der Waals surface area contributed by atoms with Crippen LogP contribution in [0.3, 0.4) is 0 Å². The summed E-state index contributed by atoms with van der Waals surface area (Å²) in [4.78, 5) is 14.2. The number of anilines is 3. The molecule has 1 fully saturated rings. The van der Waals surface area contributed by atoms with Crippen LogP contribution in [0.5, 0.6) is 5.75 Å². The van der Waals surface area contributed by atoms with E-state index < -0.39 is 16.3 Å². The third-order valence-corrected chi connectivity index (χ3v) is 8.96.